The second kappa shape index (κ2) is 18.9. The van der Waals surface area contributed by atoms with Crippen molar-refractivity contribution in [2.75, 3.05) is 15.1 Å². The van der Waals surface area contributed by atoms with E-state index in [1.165, 1.54) is 27.9 Å². The maximum Gasteiger partial charge on any atom is 0.145 e. The van der Waals surface area contributed by atoms with Crippen molar-refractivity contribution in [3.05, 3.63) is 291 Å². The molecule has 2 heterocycles. The van der Waals surface area contributed by atoms with E-state index in [2.05, 4.69) is 299 Å². The van der Waals surface area contributed by atoms with Crippen molar-refractivity contribution < 1.29 is 0 Å². The zero-order valence-electron chi connectivity index (χ0n) is 40.0. The molecule has 0 fully saturated rings. The van der Waals surface area contributed by atoms with Crippen molar-refractivity contribution >= 4 is 45.2 Å². The summed E-state index contributed by atoms with van der Waals surface area (Å²) in [4.78, 5) is 9.94. The van der Waals surface area contributed by atoms with E-state index in [0.29, 0.717) is 0 Å². The van der Waals surface area contributed by atoms with Gasteiger partial charge in [-0.05, 0) is 147 Å². The molecule has 0 saturated heterocycles. The summed E-state index contributed by atoms with van der Waals surface area (Å²) in [5.74, 6) is 0.928. The van der Waals surface area contributed by atoms with Gasteiger partial charge in [-0.1, -0.05) is 188 Å². The predicted octanol–water partition coefficient (Wildman–Crippen LogP) is 18.1. The molecule has 5 nitrogen and oxygen atoms in total. The molecular weight excluding hydrogens is 887 g/mol. The number of nitrogens with zero attached hydrogens (tertiary/aromatic N) is 4. The van der Waals surface area contributed by atoms with E-state index in [4.69, 9.17) is 4.98 Å². The molecule has 0 saturated carbocycles. The van der Waals surface area contributed by atoms with Crippen LogP contribution < -0.4 is 15.1 Å². The van der Waals surface area contributed by atoms with Crippen LogP contribution in [-0.2, 0) is 0 Å². The highest BCUT2D eigenvalue weighted by Gasteiger charge is 2.31. The number of anilines is 6. The lowest BCUT2D eigenvalue weighted by molar-refractivity contribution is 0.828. The Labute approximate surface area is 426 Å². The highest BCUT2D eigenvalue weighted by Crippen LogP contribution is 2.48. The van der Waals surface area contributed by atoms with Crippen molar-refractivity contribution in [1.29, 1.82) is 0 Å². The largest absolute Gasteiger partial charge is 0.359 e. The number of nitrogens with one attached hydrogen (secondary N) is 1. The predicted molar refractivity (Wildman–Crippen MR) is 304 cm³/mol. The minimum absolute atomic E-state index is 0.00913. The van der Waals surface area contributed by atoms with E-state index in [-0.39, 0.29) is 6.17 Å². The number of aromatic nitrogens is 2. The minimum atomic E-state index is -0.00913. The third kappa shape index (κ3) is 8.39. The number of rotatable bonds is 11. The molecule has 13 rings (SSSR count). The van der Waals surface area contributed by atoms with Gasteiger partial charge in [-0.3, -0.25) is 4.57 Å². The van der Waals surface area contributed by atoms with Gasteiger partial charge in [0.1, 0.15) is 12.0 Å². The van der Waals surface area contributed by atoms with Gasteiger partial charge < -0.3 is 15.1 Å². The monoisotopic (exact) mass is 935 g/mol. The Hall–Kier alpha value is -9.71. The molecule has 11 aromatic carbocycles. The van der Waals surface area contributed by atoms with Gasteiger partial charge in [0.25, 0.3) is 0 Å². The summed E-state index contributed by atoms with van der Waals surface area (Å²) in [6.07, 6.45) is -0.00913. The second-order valence-corrected chi connectivity index (χ2v) is 18.5. The first-order chi connectivity index (χ1) is 36.2. The van der Waals surface area contributed by atoms with Gasteiger partial charge in [-0.25, -0.2) is 4.98 Å². The van der Waals surface area contributed by atoms with Gasteiger partial charge in [-0.2, -0.15) is 0 Å². The summed E-state index contributed by atoms with van der Waals surface area (Å²) in [5, 5.41) is 3.85. The summed E-state index contributed by atoms with van der Waals surface area (Å²) in [6.45, 7) is 0. The second-order valence-electron chi connectivity index (χ2n) is 18.5. The van der Waals surface area contributed by atoms with Crippen molar-refractivity contribution in [1.82, 2.24) is 9.55 Å². The molecule has 0 aliphatic carbocycles. The first kappa shape index (κ1) is 43.3. The number of hydrogen-bond donors (Lipinski definition) is 1. The van der Waals surface area contributed by atoms with Crippen LogP contribution in [0.1, 0.15) is 11.7 Å². The van der Waals surface area contributed by atoms with Crippen LogP contribution >= 0.6 is 0 Å². The Morgan fingerprint density at radius 3 is 1.37 bits per heavy atom. The Bertz CT molecular complexity index is 3860. The molecule has 5 heteroatoms. The van der Waals surface area contributed by atoms with Crippen LogP contribution in [0, 0.1) is 0 Å². The fourth-order valence-corrected chi connectivity index (χ4v) is 10.4. The third-order valence-electron chi connectivity index (χ3n) is 14.0. The molecular formula is C68H49N5. The highest BCUT2D eigenvalue weighted by molar-refractivity contribution is 5.90. The van der Waals surface area contributed by atoms with E-state index >= 15 is 0 Å². The molecule has 12 aromatic rings. The minimum Gasteiger partial charge on any atom is -0.359 e. The van der Waals surface area contributed by atoms with Crippen LogP contribution in [0.2, 0.25) is 0 Å². The number of imidazole rings is 1. The summed E-state index contributed by atoms with van der Waals surface area (Å²) >= 11 is 0. The number of fused-ring (bicyclic) bond motifs is 2. The van der Waals surface area contributed by atoms with Crippen LogP contribution in [0.15, 0.2) is 285 Å². The van der Waals surface area contributed by atoms with E-state index in [9.17, 15) is 0 Å². The number of benzene rings is 11. The molecule has 1 atom stereocenters. The smallest absolute Gasteiger partial charge is 0.145 e. The molecule has 1 aliphatic heterocycles. The molecule has 1 N–H and O–H groups in total. The average molecular weight is 936 g/mol. The fraction of sp³-hybridized carbons (Fsp3) is 0.0147. The topological polar surface area (TPSA) is 36.3 Å². The van der Waals surface area contributed by atoms with Crippen LogP contribution in [0.25, 0.3) is 72.6 Å². The van der Waals surface area contributed by atoms with Gasteiger partial charge in [0, 0.05) is 34.0 Å². The van der Waals surface area contributed by atoms with Crippen molar-refractivity contribution in [3.63, 3.8) is 0 Å². The molecule has 0 radical (unpaired) electrons. The molecule has 1 aliphatic rings. The van der Waals surface area contributed by atoms with Crippen molar-refractivity contribution in [3.8, 4) is 61.6 Å². The molecule has 73 heavy (non-hydrogen) atoms. The highest BCUT2D eigenvalue weighted by atomic mass is 15.3. The normalized spacial score (nSPS) is 12.9. The Balaban J connectivity index is 0.770. The summed E-state index contributed by atoms with van der Waals surface area (Å²) in [5.41, 5.74) is 21.4. The van der Waals surface area contributed by atoms with Crippen molar-refractivity contribution in [2.45, 2.75) is 6.17 Å². The molecule has 1 aromatic heterocycles. The van der Waals surface area contributed by atoms with Crippen LogP contribution in [0.4, 0.5) is 34.1 Å². The quantitative estimate of drug-likeness (QED) is 0.140. The molecule has 346 valence electrons. The van der Waals surface area contributed by atoms with Gasteiger partial charge >= 0.3 is 0 Å². The maximum atomic E-state index is 5.22. The summed E-state index contributed by atoms with van der Waals surface area (Å²) in [7, 11) is 0. The zero-order chi connectivity index (χ0) is 48.5. The first-order valence-electron chi connectivity index (χ1n) is 24.9. The standard InChI is InChI=1S/C68H49N5/c1-6-18-50(19-7-1)67-69-63-46-56(36-42-65(63)72(67)59-28-12-4-13-29-59)54-24-16-22-52(44-54)48-32-38-61(39-33-48)71(58-26-10-3-11-27-58)62-40-34-49(35-41-62)53-23-17-25-55(45-53)57-37-43-66-64(47-57)70-68(51-20-8-2-9-21-51)73(66)60-30-14-5-15-31-60/h1-47,67,69H. The average Bonchev–Trinajstić information content (AvgIpc) is 4.06. The van der Waals surface area contributed by atoms with Gasteiger partial charge in [-0.15, -0.1) is 0 Å². The van der Waals surface area contributed by atoms with E-state index < -0.39 is 0 Å². The Kier molecular flexibility index (Phi) is 11.2. The Morgan fingerprint density at radius 1 is 0.342 bits per heavy atom. The van der Waals surface area contributed by atoms with E-state index in [0.717, 1.165) is 84.4 Å². The SMILES string of the molecule is c1ccc(-c2nc3cc(-c4cccc(-c5ccc(N(c6ccccc6)c6ccc(-c7cccc(-c8ccc9c(c8)NC(c8ccccc8)N9c8ccccc8)c7)cc6)cc5)c4)ccc3n2-c2ccccc2)cc1. The van der Waals surface area contributed by atoms with E-state index in [1.54, 1.807) is 0 Å². The first-order valence-corrected chi connectivity index (χ1v) is 24.9. The molecule has 1 unspecified atom stereocenters. The van der Waals surface area contributed by atoms with Gasteiger partial charge in [0.05, 0.1) is 22.4 Å². The molecule has 0 spiro atoms. The van der Waals surface area contributed by atoms with Crippen molar-refractivity contribution in [2.24, 2.45) is 0 Å². The van der Waals surface area contributed by atoms with Crippen LogP contribution in [0.5, 0.6) is 0 Å². The lowest BCUT2D eigenvalue weighted by atomic mass is 9.98. The molecule has 0 bridgehead atoms. The lowest BCUT2D eigenvalue weighted by Gasteiger charge is -2.27. The third-order valence-corrected chi connectivity index (χ3v) is 14.0. The lowest BCUT2D eigenvalue weighted by Crippen LogP contribution is -2.23. The maximum absolute atomic E-state index is 5.22. The van der Waals surface area contributed by atoms with E-state index in [1.807, 2.05) is 6.07 Å². The van der Waals surface area contributed by atoms with Gasteiger partial charge in [0.2, 0.25) is 0 Å². The fourth-order valence-electron chi connectivity index (χ4n) is 10.4. The number of hydrogen-bond acceptors (Lipinski definition) is 4. The summed E-state index contributed by atoms with van der Waals surface area (Å²) < 4.78 is 2.26. The zero-order valence-corrected chi connectivity index (χ0v) is 40.0. The molecule has 0 amide bonds. The summed E-state index contributed by atoms with van der Waals surface area (Å²) in [6, 6.07) is 102. The van der Waals surface area contributed by atoms with Gasteiger partial charge in [0.15, 0.2) is 0 Å². The number of para-hydroxylation sites is 3. The van der Waals surface area contributed by atoms with Crippen LogP contribution in [-0.4, -0.2) is 9.55 Å². The Morgan fingerprint density at radius 2 is 0.781 bits per heavy atom. The van der Waals surface area contributed by atoms with Crippen LogP contribution in [0.3, 0.4) is 0 Å².